The largest absolute Gasteiger partial charge is 0.439 e. The Morgan fingerprint density at radius 1 is 0.607 bits per heavy atom. The molecular formula is C43H50ClN11O6. The summed E-state index contributed by atoms with van der Waals surface area (Å²) in [6.45, 7) is 13.0. The van der Waals surface area contributed by atoms with E-state index in [0.717, 1.165) is 37.6 Å². The SMILES string of the molecule is CC(=O)Cl.CC(=O)N1CCN(Cc2nc3c(NC(=O)Nc4ccc(C)nc4)cccc3o2)CC1.Cc1ccc(NC(=O)Nc2cccc3oc(CN4CCCCC4)nc23)cn1. The highest BCUT2D eigenvalue weighted by Crippen LogP contribution is 2.27. The number of benzene rings is 2. The van der Waals surface area contributed by atoms with Gasteiger partial charge in [0.2, 0.25) is 22.9 Å². The van der Waals surface area contributed by atoms with Crippen molar-refractivity contribution in [2.45, 2.75) is 60.0 Å². The first-order valence-electron chi connectivity index (χ1n) is 20.0. The van der Waals surface area contributed by atoms with E-state index in [1.54, 1.807) is 31.5 Å². The first-order chi connectivity index (χ1) is 29.4. The Labute approximate surface area is 358 Å². The topological polar surface area (TPSA) is 204 Å². The Balaban J connectivity index is 0.000000189. The maximum atomic E-state index is 12.4. The molecule has 0 aliphatic carbocycles. The van der Waals surface area contributed by atoms with Gasteiger partial charge in [-0.25, -0.2) is 19.6 Å². The third-order valence-electron chi connectivity index (χ3n) is 9.75. The minimum absolute atomic E-state index is 0.104. The van der Waals surface area contributed by atoms with Gasteiger partial charge in [-0.3, -0.25) is 29.4 Å². The van der Waals surface area contributed by atoms with E-state index in [1.165, 1.54) is 26.2 Å². The number of pyridine rings is 2. The molecule has 2 saturated heterocycles. The van der Waals surface area contributed by atoms with Crippen molar-refractivity contribution in [1.82, 2.24) is 34.6 Å². The molecular weight excluding hydrogens is 802 g/mol. The number of carbonyl (C=O) groups excluding carboxylic acids is 4. The Kier molecular flexibility index (Phi) is 15.3. The summed E-state index contributed by atoms with van der Waals surface area (Å²) in [5.41, 5.74) is 6.78. The number of nitrogens with zero attached hydrogens (tertiary/aromatic N) is 7. The van der Waals surface area contributed by atoms with Gasteiger partial charge >= 0.3 is 12.1 Å². The Bertz CT molecular complexity index is 2420. The van der Waals surface area contributed by atoms with E-state index in [9.17, 15) is 19.2 Å². The highest BCUT2D eigenvalue weighted by Gasteiger charge is 2.21. The summed E-state index contributed by atoms with van der Waals surface area (Å²) in [5.74, 6) is 1.37. The minimum atomic E-state index is -0.377. The summed E-state index contributed by atoms with van der Waals surface area (Å²) in [5, 5.41) is 10.8. The van der Waals surface area contributed by atoms with Crippen LogP contribution in [0.2, 0.25) is 0 Å². The number of likely N-dealkylation sites (tertiary alicyclic amines) is 1. The second kappa shape index (κ2) is 21.2. The molecule has 61 heavy (non-hydrogen) atoms. The smallest absolute Gasteiger partial charge is 0.323 e. The first kappa shape index (κ1) is 44.1. The lowest BCUT2D eigenvalue weighted by molar-refractivity contribution is -0.130. The number of halogens is 1. The van der Waals surface area contributed by atoms with E-state index in [4.69, 9.17) is 8.83 Å². The van der Waals surface area contributed by atoms with E-state index in [-0.39, 0.29) is 23.2 Å². The van der Waals surface area contributed by atoms with Crippen molar-refractivity contribution in [1.29, 1.82) is 0 Å². The van der Waals surface area contributed by atoms with Crippen LogP contribution < -0.4 is 21.3 Å². The Morgan fingerprint density at radius 3 is 1.46 bits per heavy atom. The minimum Gasteiger partial charge on any atom is -0.439 e. The van der Waals surface area contributed by atoms with Gasteiger partial charge in [-0.05, 0) is 99.9 Å². The molecule has 8 rings (SSSR count). The third-order valence-corrected chi connectivity index (χ3v) is 9.75. The standard InChI is InChI=1S/C21H24N6O3.C20H23N5O2.C2H3ClO/c1-14-6-7-16(12-22-14)23-21(29)24-17-4-3-5-18-20(17)25-19(30-18)13-26-8-10-27(11-9-26)15(2)28;1-14-8-9-15(12-21-14)22-20(26)23-16-6-5-7-17-19(16)24-18(27-17)13-25-10-3-2-4-11-25;1-2(3)4/h3-7,12H,8-11,13H2,1-2H3,(H2,23,24,29);5-9,12H,2-4,10-11,13H2,1H3,(H2,22,23,26);1H3. The second-order valence-electron chi connectivity index (χ2n) is 14.6. The zero-order valence-corrected chi connectivity index (χ0v) is 35.4. The molecule has 320 valence electrons. The van der Waals surface area contributed by atoms with Gasteiger partial charge in [-0.2, -0.15) is 0 Å². The van der Waals surface area contributed by atoms with Gasteiger partial charge in [0, 0.05) is 51.4 Å². The number of piperazine rings is 1. The van der Waals surface area contributed by atoms with Crippen LogP contribution in [0.5, 0.6) is 0 Å². The summed E-state index contributed by atoms with van der Waals surface area (Å²) in [6, 6.07) is 17.5. The number of piperidine rings is 1. The van der Waals surface area contributed by atoms with Crippen LogP contribution in [0, 0.1) is 13.8 Å². The van der Waals surface area contributed by atoms with Crippen molar-refractivity contribution in [2.75, 3.05) is 60.5 Å². The number of rotatable bonds is 8. The van der Waals surface area contributed by atoms with E-state index in [1.807, 2.05) is 67.3 Å². The van der Waals surface area contributed by atoms with Crippen molar-refractivity contribution < 1.29 is 28.0 Å². The summed E-state index contributed by atoms with van der Waals surface area (Å²) < 4.78 is 11.8. The lowest BCUT2D eigenvalue weighted by Gasteiger charge is -2.33. The number of para-hydroxylation sites is 2. The molecule has 18 heteroatoms. The molecule has 6 heterocycles. The number of amides is 5. The maximum Gasteiger partial charge on any atom is 0.323 e. The third kappa shape index (κ3) is 13.3. The monoisotopic (exact) mass is 851 g/mol. The van der Waals surface area contributed by atoms with Crippen LogP contribution in [0.15, 0.2) is 81.9 Å². The summed E-state index contributed by atoms with van der Waals surface area (Å²) in [4.78, 5) is 69.3. The number of fused-ring (bicyclic) bond motifs is 2. The van der Waals surface area contributed by atoms with E-state index >= 15 is 0 Å². The van der Waals surface area contributed by atoms with Crippen molar-refractivity contribution in [2.24, 2.45) is 0 Å². The number of hydrogen-bond donors (Lipinski definition) is 4. The van der Waals surface area contributed by atoms with Crippen LogP contribution in [0.25, 0.3) is 22.2 Å². The average Bonchev–Trinajstić information content (AvgIpc) is 3.85. The molecule has 0 radical (unpaired) electrons. The highest BCUT2D eigenvalue weighted by atomic mass is 35.5. The molecule has 2 aliphatic heterocycles. The molecule has 4 aromatic heterocycles. The maximum absolute atomic E-state index is 12.4. The van der Waals surface area contributed by atoms with Gasteiger partial charge in [0.1, 0.15) is 11.0 Å². The molecule has 2 aliphatic rings. The number of nitrogens with one attached hydrogen (secondary N) is 4. The number of aryl methyl sites for hydroxylation is 2. The molecule has 2 fully saturated rings. The molecule has 2 aromatic carbocycles. The molecule has 4 N–H and O–H groups in total. The zero-order chi connectivity index (χ0) is 43.3. The van der Waals surface area contributed by atoms with Gasteiger partial charge in [0.05, 0.1) is 48.2 Å². The number of carbonyl (C=O) groups is 4. The molecule has 17 nitrogen and oxygen atoms in total. The molecule has 0 saturated carbocycles. The van der Waals surface area contributed by atoms with Crippen LogP contribution in [0.1, 0.15) is 56.3 Å². The lowest BCUT2D eigenvalue weighted by atomic mass is 10.1. The van der Waals surface area contributed by atoms with Gasteiger partial charge < -0.3 is 35.0 Å². The van der Waals surface area contributed by atoms with Crippen LogP contribution >= 0.6 is 11.6 Å². The molecule has 0 bridgehead atoms. The van der Waals surface area contributed by atoms with Crippen LogP contribution in [-0.4, -0.2) is 97.1 Å². The van der Waals surface area contributed by atoms with Crippen LogP contribution in [0.3, 0.4) is 0 Å². The van der Waals surface area contributed by atoms with E-state index in [0.29, 0.717) is 82.9 Å². The van der Waals surface area contributed by atoms with E-state index in [2.05, 4.69) is 62.6 Å². The van der Waals surface area contributed by atoms with Gasteiger partial charge in [-0.1, -0.05) is 18.6 Å². The normalized spacial score (nSPS) is 14.3. The predicted octanol–water partition coefficient (Wildman–Crippen LogP) is 7.77. The molecule has 0 spiro atoms. The van der Waals surface area contributed by atoms with Crippen molar-refractivity contribution in [3.8, 4) is 0 Å². The van der Waals surface area contributed by atoms with Crippen molar-refractivity contribution in [3.05, 3.63) is 96.2 Å². The van der Waals surface area contributed by atoms with E-state index < -0.39 is 0 Å². The zero-order valence-electron chi connectivity index (χ0n) is 34.7. The number of hydrogen-bond acceptors (Lipinski definition) is 12. The lowest BCUT2D eigenvalue weighted by Crippen LogP contribution is -2.47. The number of anilines is 4. The molecule has 0 atom stereocenters. The average molecular weight is 852 g/mol. The fourth-order valence-electron chi connectivity index (χ4n) is 6.70. The number of urea groups is 2. The Hall–Kier alpha value is -6.43. The fourth-order valence-corrected chi connectivity index (χ4v) is 6.70. The van der Waals surface area contributed by atoms with Crippen LogP contribution in [0.4, 0.5) is 32.3 Å². The number of aromatic nitrogens is 4. The molecule has 6 aromatic rings. The highest BCUT2D eigenvalue weighted by molar-refractivity contribution is 6.62. The summed E-state index contributed by atoms with van der Waals surface area (Å²) in [7, 11) is 0. The van der Waals surface area contributed by atoms with Gasteiger partial charge in [0.15, 0.2) is 11.2 Å². The van der Waals surface area contributed by atoms with Gasteiger partial charge in [-0.15, -0.1) is 0 Å². The van der Waals surface area contributed by atoms with Crippen molar-refractivity contribution in [3.63, 3.8) is 0 Å². The predicted molar refractivity (Wildman–Crippen MR) is 234 cm³/mol. The van der Waals surface area contributed by atoms with Crippen LogP contribution in [-0.2, 0) is 22.7 Å². The van der Waals surface area contributed by atoms with Gasteiger partial charge in [0.25, 0.3) is 0 Å². The van der Waals surface area contributed by atoms with Crippen molar-refractivity contribution >= 4 is 79.8 Å². The quantitative estimate of drug-likeness (QED) is 0.109. The second-order valence-corrected chi connectivity index (χ2v) is 15.2. The fraction of sp³-hybridized carbons (Fsp3) is 0.349. The molecule has 5 amide bonds. The summed E-state index contributed by atoms with van der Waals surface area (Å²) >= 11 is 4.64. The first-order valence-corrected chi connectivity index (χ1v) is 20.4. The Morgan fingerprint density at radius 2 is 1.05 bits per heavy atom. The summed E-state index contributed by atoms with van der Waals surface area (Å²) in [6.07, 6.45) is 6.98. The number of oxazole rings is 2. The molecule has 0 unspecified atom stereocenters.